The largest absolute Gasteiger partial charge is 0.377 e. The summed E-state index contributed by atoms with van der Waals surface area (Å²) in [4.78, 5) is 26.7. The summed E-state index contributed by atoms with van der Waals surface area (Å²) in [6, 6.07) is 7.31. The van der Waals surface area contributed by atoms with E-state index in [1.165, 1.54) is 0 Å². The average Bonchev–Trinajstić information content (AvgIpc) is 2.48. The fraction of sp³-hybridized carbons (Fsp3) is 0.500. The summed E-state index contributed by atoms with van der Waals surface area (Å²) in [7, 11) is 0. The highest BCUT2D eigenvalue weighted by Gasteiger charge is 2.23. The summed E-state index contributed by atoms with van der Waals surface area (Å²) in [6.45, 7) is 7.09. The maximum atomic E-state index is 12.1. The van der Waals surface area contributed by atoms with Gasteiger partial charge in [-0.15, -0.1) is 0 Å². The van der Waals surface area contributed by atoms with E-state index < -0.39 is 0 Å². The van der Waals surface area contributed by atoms with Crippen molar-refractivity contribution in [3.63, 3.8) is 0 Å². The second-order valence-electron chi connectivity index (χ2n) is 5.43. The Labute approximate surface area is 125 Å². The van der Waals surface area contributed by atoms with E-state index in [0.717, 1.165) is 18.5 Å². The van der Waals surface area contributed by atoms with Crippen LogP contribution < -0.4 is 4.90 Å². The van der Waals surface area contributed by atoms with E-state index in [1.54, 1.807) is 12.1 Å². The molecule has 0 aliphatic carbocycles. The van der Waals surface area contributed by atoms with Gasteiger partial charge in [0.25, 0.3) is 0 Å². The minimum absolute atomic E-state index is 0.119. The van der Waals surface area contributed by atoms with Crippen LogP contribution in [0.5, 0.6) is 0 Å². The molecule has 0 unspecified atom stereocenters. The van der Waals surface area contributed by atoms with Crippen molar-refractivity contribution in [2.75, 3.05) is 37.7 Å². The molecule has 0 spiro atoms. The average molecular weight is 290 g/mol. The molecular weight excluding hydrogens is 268 g/mol. The van der Waals surface area contributed by atoms with Crippen molar-refractivity contribution in [2.45, 2.75) is 20.0 Å². The molecule has 0 atom stereocenters. The third-order valence-corrected chi connectivity index (χ3v) is 3.53. The molecule has 114 valence electrons. The van der Waals surface area contributed by atoms with Crippen LogP contribution in [-0.4, -0.2) is 56.0 Å². The maximum absolute atomic E-state index is 12.1. The number of benzene rings is 1. The van der Waals surface area contributed by atoms with Gasteiger partial charge in [-0.05, 0) is 38.1 Å². The third kappa shape index (κ3) is 4.29. The highest BCUT2D eigenvalue weighted by molar-refractivity contribution is 5.83. The van der Waals surface area contributed by atoms with Crippen molar-refractivity contribution in [3.05, 3.63) is 29.8 Å². The summed E-state index contributed by atoms with van der Waals surface area (Å²) in [6.07, 6.45) is 1.01. The number of amides is 1. The van der Waals surface area contributed by atoms with Crippen molar-refractivity contribution in [2.24, 2.45) is 0 Å². The molecule has 1 aromatic carbocycles. The molecule has 5 nitrogen and oxygen atoms in total. The van der Waals surface area contributed by atoms with Gasteiger partial charge in [-0.25, -0.2) is 0 Å². The zero-order chi connectivity index (χ0) is 15.2. The Hall–Kier alpha value is -1.88. The van der Waals surface area contributed by atoms with Crippen molar-refractivity contribution in [1.29, 1.82) is 0 Å². The molecule has 0 aromatic heterocycles. The summed E-state index contributed by atoms with van der Waals surface area (Å²) in [5.74, 6) is 0.119. The zero-order valence-corrected chi connectivity index (χ0v) is 12.6. The van der Waals surface area contributed by atoms with E-state index in [1.807, 2.05) is 35.8 Å². The molecule has 1 aliphatic heterocycles. The quantitative estimate of drug-likeness (QED) is 0.746. The molecule has 1 saturated heterocycles. The number of ether oxygens (including phenoxy) is 1. The Morgan fingerprint density at radius 2 is 1.95 bits per heavy atom. The molecule has 21 heavy (non-hydrogen) atoms. The molecule has 1 fully saturated rings. The monoisotopic (exact) mass is 290 g/mol. The van der Waals surface area contributed by atoms with E-state index in [2.05, 4.69) is 0 Å². The van der Waals surface area contributed by atoms with Gasteiger partial charge in [-0.1, -0.05) is 0 Å². The molecule has 0 bridgehead atoms. The first-order chi connectivity index (χ1) is 10.1. The highest BCUT2D eigenvalue weighted by atomic mass is 16.5. The Morgan fingerprint density at radius 1 is 1.24 bits per heavy atom. The van der Waals surface area contributed by atoms with E-state index in [4.69, 9.17) is 4.74 Å². The summed E-state index contributed by atoms with van der Waals surface area (Å²) in [5.41, 5.74) is 1.63. The minimum atomic E-state index is 0.119. The number of nitrogens with zero attached hydrogens (tertiary/aromatic N) is 2. The second kappa shape index (κ2) is 7.22. The summed E-state index contributed by atoms with van der Waals surface area (Å²) in [5, 5.41) is 0. The van der Waals surface area contributed by atoms with Crippen LogP contribution in [0.3, 0.4) is 0 Å². The Bertz CT molecular complexity index is 485. The normalized spacial score (nSPS) is 15.7. The van der Waals surface area contributed by atoms with Crippen LogP contribution >= 0.6 is 0 Å². The number of hydrogen-bond acceptors (Lipinski definition) is 4. The lowest BCUT2D eigenvalue weighted by Gasteiger charge is -2.35. The zero-order valence-electron chi connectivity index (χ0n) is 12.6. The first-order valence-electron chi connectivity index (χ1n) is 7.29. The second-order valence-corrected chi connectivity index (χ2v) is 5.43. The molecule has 1 aliphatic rings. The number of carbonyl (C=O) groups is 2. The van der Waals surface area contributed by atoms with E-state index >= 15 is 0 Å². The fourth-order valence-corrected chi connectivity index (χ4v) is 2.33. The SMILES string of the molecule is CC(C)OCCN1CCN(c2ccc(C=O)cc2)CC1=O. The molecule has 0 radical (unpaired) electrons. The van der Waals surface area contributed by atoms with Crippen LogP contribution in [0.1, 0.15) is 24.2 Å². The Morgan fingerprint density at radius 3 is 2.52 bits per heavy atom. The van der Waals surface area contributed by atoms with Crippen molar-refractivity contribution >= 4 is 17.9 Å². The van der Waals surface area contributed by atoms with E-state index in [9.17, 15) is 9.59 Å². The van der Waals surface area contributed by atoms with Gasteiger partial charge in [-0.3, -0.25) is 9.59 Å². The first kappa shape index (κ1) is 15.5. The van der Waals surface area contributed by atoms with Crippen molar-refractivity contribution in [1.82, 2.24) is 4.90 Å². The number of aldehydes is 1. The number of piperazine rings is 1. The van der Waals surface area contributed by atoms with E-state index in [-0.39, 0.29) is 12.0 Å². The third-order valence-electron chi connectivity index (χ3n) is 3.53. The predicted molar refractivity (Wildman–Crippen MR) is 81.7 cm³/mol. The first-order valence-corrected chi connectivity index (χ1v) is 7.29. The number of anilines is 1. The van der Waals surface area contributed by atoms with Gasteiger partial charge in [-0.2, -0.15) is 0 Å². The molecule has 0 saturated carbocycles. The smallest absolute Gasteiger partial charge is 0.242 e. The topological polar surface area (TPSA) is 49.9 Å². The standard InChI is InChI=1S/C16H22N2O3/c1-13(2)21-10-9-17-7-8-18(11-16(17)20)15-5-3-14(12-19)4-6-15/h3-6,12-13H,7-11H2,1-2H3. The van der Waals surface area contributed by atoms with Crippen LogP contribution in [0.25, 0.3) is 0 Å². The molecule has 1 aromatic rings. The molecule has 1 amide bonds. The summed E-state index contributed by atoms with van der Waals surface area (Å²) >= 11 is 0. The Kier molecular flexibility index (Phi) is 5.33. The number of rotatable bonds is 6. The van der Waals surface area contributed by atoms with Crippen LogP contribution in [0.15, 0.2) is 24.3 Å². The van der Waals surface area contributed by atoms with Crippen LogP contribution in [-0.2, 0) is 9.53 Å². The van der Waals surface area contributed by atoms with Crippen LogP contribution in [0.2, 0.25) is 0 Å². The fourth-order valence-electron chi connectivity index (χ4n) is 2.33. The van der Waals surface area contributed by atoms with Gasteiger partial charge in [0.2, 0.25) is 5.91 Å². The Balaban J connectivity index is 1.87. The molecule has 1 heterocycles. The van der Waals surface area contributed by atoms with Gasteiger partial charge < -0.3 is 14.5 Å². The van der Waals surface area contributed by atoms with Crippen LogP contribution in [0, 0.1) is 0 Å². The van der Waals surface area contributed by atoms with Gasteiger partial charge in [0.05, 0.1) is 19.3 Å². The molecule has 0 N–H and O–H groups in total. The lowest BCUT2D eigenvalue weighted by atomic mass is 10.2. The van der Waals surface area contributed by atoms with Gasteiger partial charge in [0.15, 0.2) is 0 Å². The number of hydrogen-bond donors (Lipinski definition) is 0. The van der Waals surface area contributed by atoms with Crippen LogP contribution in [0.4, 0.5) is 5.69 Å². The minimum Gasteiger partial charge on any atom is -0.377 e. The number of carbonyl (C=O) groups excluding carboxylic acids is 2. The lowest BCUT2D eigenvalue weighted by Crippen LogP contribution is -2.51. The predicted octanol–water partition coefficient (Wildman–Crippen LogP) is 1.57. The molecule has 2 rings (SSSR count). The van der Waals surface area contributed by atoms with Crippen molar-refractivity contribution < 1.29 is 14.3 Å². The van der Waals surface area contributed by atoms with E-state index in [0.29, 0.717) is 31.8 Å². The van der Waals surface area contributed by atoms with Gasteiger partial charge in [0.1, 0.15) is 6.29 Å². The lowest BCUT2D eigenvalue weighted by molar-refractivity contribution is -0.132. The summed E-state index contributed by atoms with van der Waals surface area (Å²) < 4.78 is 5.49. The highest BCUT2D eigenvalue weighted by Crippen LogP contribution is 2.17. The van der Waals surface area contributed by atoms with Gasteiger partial charge >= 0.3 is 0 Å². The van der Waals surface area contributed by atoms with Gasteiger partial charge in [0, 0.05) is 30.9 Å². The maximum Gasteiger partial charge on any atom is 0.242 e. The molecular formula is C16H22N2O3. The van der Waals surface area contributed by atoms with Crippen molar-refractivity contribution in [3.8, 4) is 0 Å². The molecule has 5 heteroatoms.